The molecule has 6 nitrogen and oxygen atoms in total. The molecule has 29 heavy (non-hydrogen) atoms. The van der Waals surface area contributed by atoms with Crippen LogP contribution in [0.4, 0.5) is 0 Å². The zero-order chi connectivity index (χ0) is 21.7. The van der Waals surface area contributed by atoms with E-state index in [2.05, 4.69) is 13.8 Å². The highest BCUT2D eigenvalue weighted by atomic mass is 16.5. The molecule has 0 bridgehead atoms. The van der Waals surface area contributed by atoms with E-state index in [0.29, 0.717) is 13.2 Å². The van der Waals surface area contributed by atoms with Gasteiger partial charge in [-0.1, -0.05) is 78.1 Å². The summed E-state index contributed by atoms with van der Waals surface area (Å²) in [6, 6.07) is 0. The predicted octanol–water partition coefficient (Wildman–Crippen LogP) is 5.07. The second kappa shape index (κ2) is 19.7. The van der Waals surface area contributed by atoms with Gasteiger partial charge in [-0.2, -0.15) is 0 Å². The third kappa shape index (κ3) is 19.5. The Morgan fingerprint density at radius 1 is 0.621 bits per heavy atom. The maximum atomic E-state index is 12.0. The minimum atomic E-state index is -0.526. The van der Waals surface area contributed by atoms with E-state index in [1.807, 2.05) is 0 Å². The summed E-state index contributed by atoms with van der Waals surface area (Å²) < 4.78 is 10.5. The lowest BCUT2D eigenvalue weighted by molar-refractivity contribution is -0.147. The van der Waals surface area contributed by atoms with Gasteiger partial charge in [0.15, 0.2) is 0 Å². The van der Waals surface area contributed by atoms with Gasteiger partial charge in [-0.05, 0) is 18.8 Å². The van der Waals surface area contributed by atoms with E-state index in [4.69, 9.17) is 15.2 Å². The standard InChI is InChI=1S/C23H43NO5/c1-3-5-7-9-11-13-15-28-22(26)18-20(17-21(24)25)19-23(27)29-16-14-12-10-8-6-4-2/h20H,3-19H2,1-2H3,(H2,24,25). The van der Waals surface area contributed by atoms with Crippen LogP contribution in [0.2, 0.25) is 0 Å². The molecule has 6 heteroatoms. The summed E-state index contributed by atoms with van der Waals surface area (Å²) in [5.41, 5.74) is 5.26. The monoisotopic (exact) mass is 413 g/mol. The van der Waals surface area contributed by atoms with Crippen LogP contribution in [0, 0.1) is 5.92 Å². The summed E-state index contributed by atoms with van der Waals surface area (Å²) in [5.74, 6) is -1.74. The number of hydrogen-bond acceptors (Lipinski definition) is 5. The van der Waals surface area contributed by atoms with Crippen molar-refractivity contribution in [2.75, 3.05) is 13.2 Å². The number of carbonyl (C=O) groups is 3. The molecular formula is C23H43NO5. The fourth-order valence-electron chi connectivity index (χ4n) is 3.23. The zero-order valence-corrected chi connectivity index (χ0v) is 18.7. The summed E-state index contributed by atoms with van der Waals surface area (Å²) in [7, 11) is 0. The van der Waals surface area contributed by atoms with Gasteiger partial charge >= 0.3 is 11.9 Å². The van der Waals surface area contributed by atoms with Crippen molar-refractivity contribution in [2.24, 2.45) is 11.7 Å². The molecular weight excluding hydrogens is 370 g/mol. The topological polar surface area (TPSA) is 95.7 Å². The number of amides is 1. The molecule has 0 saturated carbocycles. The van der Waals surface area contributed by atoms with Crippen LogP contribution in [-0.4, -0.2) is 31.1 Å². The van der Waals surface area contributed by atoms with E-state index in [1.165, 1.54) is 38.5 Å². The summed E-state index contributed by atoms with van der Waals surface area (Å²) in [5, 5.41) is 0. The summed E-state index contributed by atoms with van der Waals surface area (Å²) in [6.07, 6.45) is 13.4. The first-order valence-corrected chi connectivity index (χ1v) is 11.6. The van der Waals surface area contributed by atoms with Crippen molar-refractivity contribution in [1.29, 1.82) is 0 Å². The fourth-order valence-corrected chi connectivity index (χ4v) is 3.23. The van der Waals surface area contributed by atoms with Crippen LogP contribution in [0.15, 0.2) is 0 Å². The highest BCUT2D eigenvalue weighted by Crippen LogP contribution is 2.16. The Balaban J connectivity index is 4.00. The smallest absolute Gasteiger partial charge is 0.306 e. The Kier molecular flexibility index (Phi) is 18.6. The number of nitrogens with two attached hydrogens (primary N) is 1. The van der Waals surface area contributed by atoms with Crippen LogP contribution in [-0.2, 0) is 23.9 Å². The van der Waals surface area contributed by atoms with Crippen molar-refractivity contribution < 1.29 is 23.9 Å². The summed E-state index contributed by atoms with van der Waals surface area (Å²) in [6.45, 7) is 5.12. The second-order valence-corrected chi connectivity index (χ2v) is 7.92. The number of rotatable bonds is 20. The van der Waals surface area contributed by atoms with Crippen LogP contribution in [0.5, 0.6) is 0 Å². The average molecular weight is 414 g/mol. The van der Waals surface area contributed by atoms with E-state index in [-0.39, 0.29) is 31.2 Å². The lowest BCUT2D eigenvalue weighted by Crippen LogP contribution is -2.23. The minimum Gasteiger partial charge on any atom is -0.466 e. The number of ether oxygens (including phenoxy) is 2. The lowest BCUT2D eigenvalue weighted by atomic mass is 9.97. The molecule has 0 unspecified atom stereocenters. The van der Waals surface area contributed by atoms with Crippen molar-refractivity contribution in [3.8, 4) is 0 Å². The molecule has 0 radical (unpaired) electrons. The zero-order valence-electron chi connectivity index (χ0n) is 18.7. The Hall–Kier alpha value is -1.59. The summed E-state index contributed by atoms with van der Waals surface area (Å²) >= 11 is 0. The minimum absolute atomic E-state index is 0.0156. The second-order valence-electron chi connectivity index (χ2n) is 7.92. The maximum Gasteiger partial charge on any atom is 0.306 e. The normalized spacial score (nSPS) is 10.9. The van der Waals surface area contributed by atoms with E-state index >= 15 is 0 Å². The molecule has 0 aromatic rings. The molecule has 1 amide bonds. The Labute approximate surface area is 177 Å². The number of hydrogen-bond donors (Lipinski definition) is 1. The predicted molar refractivity (Wildman–Crippen MR) is 115 cm³/mol. The van der Waals surface area contributed by atoms with Crippen molar-refractivity contribution in [1.82, 2.24) is 0 Å². The van der Waals surface area contributed by atoms with Crippen LogP contribution in [0.1, 0.15) is 110 Å². The van der Waals surface area contributed by atoms with E-state index in [0.717, 1.165) is 38.5 Å². The molecule has 0 rings (SSSR count). The number of carbonyl (C=O) groups excluding carboxylic acids is 3. The molecule has 2 N–H and O–H groups in total. The Morgan fingerprint density at radius 3 is 1.38 bits per heavy atom. The molecule has 170 valence electrons. The largest absolute Gasteiger partial charge is 0.466 e. The van der Waals surface area contributed by atoms with E-state index < -0.39 is 11.8 Å². The van der Waals surface area contributed by atoms with Crippen LogP contribution in [0.3, 0.4) is 0 Å². The molecule has 0 aromatic heterocycles. The maximum absolute atomic E-state index is 12.0. The molecule has 0 saturated heterocycles. The van der Waals surface area contributed by atoms with E-state index in [1.54, 1.807) is 0 Å². The Bertz CT molecular complexity index is 407. The number of primary amides is 1. The highest BCUT2D eigenvalue weighted by Gasteiger charge is 2.21. The highest BCUT2D eigenvalue weighted by molar-refractivity contribution is 5.78. The fraction of sp³-hybridized carbons (Fsp3) is 0.870. The third-order valence-corrected chi connectivity index (χ3v) is 4.92. The van der Waals surface area contributed by atoms with Crippen molar-refractivity contribution in [2.45, 2.75) is 110 Å². The van der Waals surface area contributed by atoms with E-state index in [9.17, 15) is 14.4 Å². The van der Waals surface area contributed by atoms with Crippen molar-refractivity contribution >= 4 is 17.8 Å². The van der Waals surface area contributed by atoms with Crippen molar-refractivity contribution in [3.63, 3.8) is 0 Å². The molecule has 0 aliphatic carbocycles. The first kappa shape index (κ1) is 27.4. The van der Waals surface area contributed by atoms with Crippen LogP contribution in [0.25, 0.3) is 0 Å². The molecule has 0 aliphatic heterocycles. The van der Waals surface area contributed by atoms with Gasteiger partial charge < -0.3 is 15.2 Å². The summed E-state index contributed by atoms with van der Waals surface area (Å²) in [4.78, 5) is 35.3. The Morgan fingerprint density at radius 2 is 1.00 bits per heavy atom. The first-order valence-electron chi connectivity index (χ1n) is 11.6. The van der Waals surface area contributed by atoms with Crippen LogP contribution < -0.4 is 5.73 Å². The molecule has 0 aromatic carbocycles. The molecule has 0 heterocycles. The van der Waals surface area contributed by atoms with Crippen molar-refractivity contribution in [3.05, 3.63) is 0 Å². The van der Waals surface area contributed by atoms with Gasteiger partial charge in [0.2, 0.25) is 5.91 Å². The SMILES string of the molecule is CCCCCCCCOC(=O)CC(CC(N)=O)CC(=O)OCCCCCCCC. The average Bonchev–Trinajstić information content (AvgIpc) is 2.66. The lowest BCUT2D eigenvalue weighted by Gasteiger charge is -2.14. The van der Waals surface area contributed by atoms with Crippen LogP contribution >= 0.6 is 0 Å². The third-order valence-electron chi connectivity index (χ3n) is 4.92. The van der Waals surface area contributed by atoms with Gasteiger partial charge in [-0.15, -0.1) is 0 Å². The quantitative estimate of drug-likeness (QED) is 0.222. The molecule has 0 fully saturated rings. The number of unbranched alkanes of at least 4 members (excludes halogenated alkanes) is 10. The molecule has 0 aliphatic rings. The molecule has 0 atom stereocenters. The van der Waals surface area contributed by atoms with Gasteiger partial charge in [0.25, 0.3) is 0 Å². The number of esters is 2. The van der Waals surface area contributed by atoms with Gasteiger partial charge in [0, 0.05) is 19.3 Å². The molecule has 0 spiro atoms. The van der Waals surface area contributed by atoms with Gasteiger partial charge in [0.1, 0.15) is 0 Å². The van der Waals surface area contributed by atoms with Gasteiger partial charge in [0.05, 0.1) is 13.2 Å². The first-order chi connectivity index (χ1) is 14.0. The van der Waals surface area contributed by atoms with Gasteiger partial charge in [-0.3, -0.25) is 14.4 Å². The van der Waals surface area contributed by atoms with Gasteiger partial charge in [-0.25, -0.2) is 0 Å².